The molecule has 0 aliphatic heterocycles. The van der Waals surface area contributed by atoms with E-state index in [0.29, 0.717) is 0 Å². The van der Waals surface area contributed by atoms with Crippen molar-refractivity contribution in [2.24, 2.45) is 7.05 Å². The molecule has 146 valence electrons. The number of carbonyl (C=O) groups excluding carboxylic acids is 1. The number of hydrogen-bond acceptors (Lipinski definition) is 4. The molecule has 1 aromatic heterocycles. The molecular weight excluding hydrogens is 412 g/mol. The summed E-state index contributed by atoms with van der Waals surface area (Å²) >= 11 is 6.75. The first-order chi connectivity index (χ1) is 12.3. The Morgan fingerprint density at radius 3 is 2.30 bits per heavy atom. The molecule has 11 heteroatoms. The molecule has 0 aliphatic rings. The molecule has 0 radical (unpaired) electrons. The van der Waals surface area contributed by atoms with Crippen molar-refractivity contribution >= 4 is 28.5 Å². The van der Waals surface area contributed by atoms with Gasteiger partial charge in [0.2, 0.25) is 5.12 Å². The van der Waals surface area contributed by atoms with E-state index < -0.39 is 39.7 Å². The lowest BCUT2D eigenvalue weighted by Crippen LogP contribution is -2.41. The van der Waals surface area contributed by atoms with Crippen LogP contribution < -0.4 is 11.2 Å². The third-order valence-corrected chi connectivity index (χ3v) is 4.67. The maximum Gasteiger partial charge on any atom is 0.431 e. The Bertz CT molecular complexity index is 1030. The zero-order chi connectivity index (χ0) is 20.7. The van der Waals surface area contributed by atoms with Gasteiger partial charge in [-0.05, 0) is 12.1 Å². The predicted octanol–water partition coefficient (Wildman–Crippen LogP) is 3.63. The van der Waals surface area contributed by atoms with Crippen molar-refractivity contribution in [3.05, 3.63) is 61.1 Å². The fourth-order valence-corrected chi connectivity index (χ4v) is 3.28. The van der Waals surface area contributed by atoms with E-state index in [1.807, 2.05) is 0 Å². The number of hydrogen-bond donors (Lipinski definition) is 0. The molecular formula is C16H13ClF4N2O3S. The monoisotopic (exact) mass is 424 g/mol. The van der Waals surface area contributed by atoms with Gasteiger partial charge in [-0.1, -0.05) is 37.2 Å². The molecule has 0 fully saturated rings. The van der Waals surface area contributed by atoms with E-state index in [1.54, 1.807) is 13.8 Å². The van der Waals surface area contributed by atoms with Crippen LogP contribution in [0.15, 0.2) is 27.8 Å². The van der Waals surface area contributed by atoms with Gasteiger partial charge in [-0.3, -0.25) is 14.2 Å². The van der Waals surface area contributed by atoms with Gasteiger partial charge < -0.3 is 0 Å². The molecule has 0 aliphatic carbocycles. The second kappa shape index (κ2) is 7.51. The van der Waals surface area contributed by atoms with Crippen molar-refractivity contribution in [1.82, 2.24) is 9.13 Å². The zero-order valence-corrected chi connectivity index (χ0v) is 15.8. The van der Waals surface area contributed by atoms with Crippen LogP contribution in [-0.4, -0.2) is 19.5 Å². The first-order valence-corrected chi connectivity index (χ1v) is 8.71. The van der Waals surface area contributed by atoms with E-state index in [1.165, 1.54) is 0 Å². The number of carbonyl (C=O) groups is 1. The normalized spacial score (nSPS) is 11.9. The standard InChI is InChI=1S/C16H13ClF4N2O3S/c1-7(2)27-14(25)8-4-11(10(18)5-9(8)17)23-13(24)6-12(16(19,20)21)22(3)15(23)26/h4-7H,1-3H3. The summed E-state index contributed by atoms with van der Waals surface area (Å²) < 4.78 is 53.5. The first kappa shape index (κ1) is 21.2. The van der Waals surface area contributed by atoms with Crippen molar-refractivity contribution in [1.29, 1.82) is 0 Å². The number of halogens is 5. The molecule has 2 rings (SSSR count). The van der Waals surface area contributed by atoms with E-state index in [4.69, 9.17) is 11.6 Å². The van der Waals surface area contributed by atoms with Crippen LogP contribution in [0.4, 0.5) is 17.6 Å². The van der Waals surface area contributed by atoms with Gasteiger partial charge in [0, 0.05) is 23.9 Å². The third-order valence-electron chi connectivity index (χ3n) is 3.45. The number of thioether (sulfide) groups is 1. The molecule has 2 aromatic rings. The van der Waals surface area contributed by atoms with Crippen LogP contribution in [0.5, 0.6) is 0 Å². The van der Waals surface area contributed by atoms with E-state index in [9.17, 15) is 31.9 Å². The molecule has 0 unspecified atom stereocenters. The Labute approximate surface area is 159 Å². The summed E-state index contributed by atoms with van der Waals surface area (Å²) in [6.45, 7) is 3.47. The van der Waals surface area contributed by atoms with E-state index in [2.05, 4.69) is 0 Å². The van der Waals surface area contributed by atoms with Crippen LogP contribution in [0.2, 0.25) is 5.02 Å². The van der Waals surface area contributed by atoms with E-state index in [0.717, 1.165) is 30.9 Å². The first-order valence-electron chi connectivity index (χ1n) is 7.45. The van der Waals surface area contributed by atoms with Crippen molar-refractivity contribution in [3.8, 4) is 5.69 Å². The minimum Gasteiger partial charge on any atom is -0.292 e. The largest absolute Gasteiger partial charge is 0.431 e. The van der Waals surface area contributed by atoms with Crippen molar-refractivity contribution < 1.29 is 22.4 Å². The molecule has 0 bridgehead atoms. The number of nitrogens with zero attached hydrogens (tertiary/aromatic N) is 2. The number of alkyl halides is 3. The summed E-state index contributed by atoms with van der Waals surface area (Å²) in [5.41, 5.74) is -5.10. The van der Waals surface area contributed by atoms with Gasteiger partial charge in [-0.15, -0.1) is 0 Å². The second-order valence-electron chi connectivity index (χ2n) is 5.78. The highest BCUT2D eigenvalue weighted by atomic mass is 35.5. The fourth-order valence-electron chi connectivity index (χ4n) is 2.26. The molecule has 1 aromatic carbocycles. The average molecular weight is 425 g/mol. The molecule has 5 nitrogen and oxygen atoms in total. The maximum atomic E-state index is 14.3. The SMILES string of the molecule is CC(C)SC(=O)c1cc(-n2c(=O)cc(C(F)(F)F)n(C)c2=O)c(F)cc1Cl. The zero-order valence-electron chi connectivity index (χ0n) is 14.2. The van der Waals surface area contributed by atoms with Crippen molar-refractivity contribution in [2.45, 2.75) is 25.3 Å². The number of benzene rings is 1. The predicted molar refractivity (Wildman–Crippen MR) is 94.3 cm³/mol. The van der Waals surface area contributed by atoms with Crippen LogP contribution in [0.1, 0.15) is 29.9 Å². The van der Waals surface area contributed by atoms with E-state index >= 15 is 0 Å². The van der Waals surface area contributed by atoms with Gasteiger partial charge >= 0.3 is 11.9 Å². The Morgan fingerprint density at radius 2 is 1.78 bits per heavy atom. The Kier molecular flexibility index (Phi) is 5.91. The Morgan fingerprint density at radius 1 is 1.19 bits per heavy atom. The lowest BCUT2D eigenvalue weighted by molar-refractivity contribution is -0.144. The van der Waals surface area contributed by atoms with Gasteiger partial charge in [0.15, 0.2) is 0 Å². The fraction of sp³-hybridized carbons (Fsp3) is 0.312. The summed E-state index contributed by atoms with van der Waals surface area (Å²) in [6, 6.07) is 1.79. The average Bonchev–Trinajstić information content (AvgIpc) is 2.50. The molecule has 1 heterocycles. The second-order valence-corrected chi connectivity index (χ2v) is 7.74. The van der Waals surface area contributed by atoms with Crippen LogP contribution in [0.25, 0.3) is 5.69 Å². The summed E-state index contributed by atoms with van der Waals surface area (Å²) in [7, 11) is 0.801. The summed E-state index contributed by atoms with van der Waals surface area (Å²) in [5, 5.41) is -0.900. The summed E-state index contributed by atoms with van der Waals surface area (Å²) in [4.78, 5) is 36.6. The van der Waals surface area contributed by atoms with Crippen LogP contribution in [0, 0.1) is 5.82 Å². The van der Waals surface area contributed by atoms with Gasteiger partial charge in [0.1, 0.15) is 11.5 Å². The molecule has 0 amide bonds. The Hall–Kier alpha value is -2.07. The van der Waals surface area contributed by atoms with Crippen molar-refractivity contribution in [3.63, 3.8) is 0 Å². The quantitative estimate of drug-likeness (QED) is 0.706. The minimum atomic E-state index is -4.94. The highest BCUT2D eigenvalue weighted by molar-refractivity contribution is 8.14. The van der Waals surface area contributed by atoms with Gasteiger partial charge in [0.25, 0.3) is 5.56 Å². The van der Waals surface area contributed by atoms with Gasteiger partial charge in [0.05, 0.1) is 10.7 Å². The molecule has 0 N–H and O–H groups in total. The van der Waals surface area contributed by atoms with Gasteiger partial charge in [-0.2, -0.15) is 13.2 Å². The van der Waals surface area contributed by atoms with E-state index in [-0.39, 0.29) is 31.0 Å². The highest BCUT2D eigenvalue weighted by Crippen LogP contribution is 2.29. The molecule has 0 spiro atoms. The molecule has 0 saturated carbocycles. The number of rotatable bonds is 3. The minimum absolute atomic E-state index is 0.122. The summed E-state index contributed by atoms with van der Waals surface area (Å²) in [6.07, 6.45) is -4.94. The smallest absolute Gasteiger partial charge is 0.292 e. The lowest BCUT2D eigenvalue weighted by Gasteiger charge is -2.15. The van der Waals surface area contributed by atoms with Crippen LogP contribution in [0.3, 0.4) is 0 Å². The van der Waals surface area contributed by atoms with Crippen LogP contribution >= 0.6 is 23.4 Å². The molecule has 0 saturated heterocycles. The summed E-state index contributed by atoms with van der Waals surface area (Å²) in [5.74, 6) is -1.13. The maximum absolute atomic E-state index is 14.3. The third kappa shape index (κ3) is 4.27. The number of aromatic nitrogens is 2. The van der Waals surface area contributed by atoms with Crippen LogP contribution in [-0.2, 0) is 13.2 Å². The highest BCUT2D eigenvalue weighted by Gasteiger charge is 2.35. The Balaban J connectivity index is 2.76. The molecule has 27 heavy (non-hydrogen) atoms. The van der Waals surface area contributed by atoms with Gasteiger partial charge in [-0.25, -0.2) is 13.8 Å². The lowest BCUT2D eigenvalue weighted by atomic mass is 10.2. The molecule has 0 atom stereocenters. The van der Waals surface area contributed by atoms with Crippen molar-refractivity contribution in [2.75, 3.05) is 0 Å². The topological polar surface area (TPSA) is 61.1 Å².